The summed E-state index contributed by atoms with van der Waals surface area (Å²) >= 11 is 0. The number of hydrogen-bond donors (Lipinski definition) is 6. The summed E-state index contributed by atoms with van der Waals surface area (Å²) in [5, 5.41) is 13.5. The van der Waals surface area contributed by atoms with Crippen molar-refractivity contribution in [3.63, 3.8) is 0 Å². The fourth-order valence-corrected chi connectivity index (χ4v) is 5.06. The van der Waals surface area contributed by atoms with Crippen LogP contribution in [0.2, 0.25) is 0 Å². The minimum atomic E-state index is 0.0701. The molecule has 0 atom stereocenters. The molecule has 50 heavy (non-hydrogen) atoms. The van der Waals surface area contributed by atoms with Gasteiger partial charge >= 0.3 is 0 Å². The first-order valence-corrected chi connectivity index (χ1v) is 17.5. The highest BCUT2D eigenvalue weighted by molar-refractivity contribution is 5.75. The van der Waals surface area contributed by atoms with E-state index in [-0.39, 0.29) is 5.96 Å². The SMILES string of the molecule is CCCCNc1nc(NCc2ccc(CNc3nc(NCc4cccc(CN=C(N)N)c4)nc(N(CC)CC)n3)cc2)nc(N(CC)CC)n1. The molecule has 15 heteroatoms. The van der Waals surface area contributed by atoms with Crippen LogP contribution in [0.15, 0.2) is 53.5 Å². The molecule has 0 unspecified atom stereocenters. The van der Waals surface area contributed by atoms with Crippen LogP contribution in [0.1, 0.15) is 69.7 Å². The number of nitrogens with two attached hydrogens (primary N) is 2. The third-order valence-corrected chi connectivity index (χ3v) is 7.96. The predicted octanol–water partition coefficient (Wildman–Crippen LogP) is 4.57. The highest BCUT2D eigenvalue weighted by Crippen LogP contribution is 2.18. The lowest BCUT2D eigenvalue weighted by atomic mass is 10.1. The molecular weight excluding hydrogens is 630 g/mol. The monoisotopic (exact) mass is 683 g/mol. The second-order valence-electron chi connectivity index (χ2n) is 11.6. The predicted molar refractivity (Wildman–Crippen MR) is 205 cm³/mol. The summed E-state index contributed by atoms with van der Waals surface area (Å²) in [6.07, 6.45) is 2.15. The molecule has 0 aliphatic carbocycles. The van der Waals surface area contributed by atoms with Gasteiger partial charge in [-0.3, -0.25) is 0 Å². The average Bonchev–Trinajstić information content (AvgIpc) is 3.13. The highest BCUT2D eigenvalue weighted by atomic mass is 15.3. The molecule has 0 spiro atoms. The van der Waals surface area contributed by atoms with Crippen molar-refractivity contribution in [1.29, 1.82) is 0 Å². The molecule has 0 fully saturated rings. The average molecular weight is 684 g/mol. The van der Waals surface area contributed by atoms with E-state index in [0.717, 1.165) is 67.8 Å². The van der Waals surface area contributed by atoms with Crippen LogP contribution in [0.4, 0.5) is 35.7 Å². The van der Waals surface area contributed by atoms with Crippen molar-refractivity contribution in [3.05, 3.63) is 70.8 Å². The standard InChI is InChI=1S/C35H53N15/c1-6-11-19-38-30-43-31(46-34(45-30)49(7-2)8-3)40-21-25-15-17-26(18-16-25)22-41-32-44-33(48-35(47-32)50(9-4)10-5)42-24-28-14-12-13-27(20-28)23-39-29(36)37/h12-18,20H,6-11,19,21-24H2,1-5H3,(H4,36,37,39)(H2,38,40,43,45,46)(H2,41,42,44,47,48). The quantitative estimate of drug-likeness (QED) is 0.0406. The molecule has 2 aromatic carbocycles. The van der Waals surface area contributed by atoms with Crippen LogP contribution in [0.25, 0.3) is 0 Å². The first-order valence-electron chi connectivity index (χ1n) is 17.5. The Labute approximate surface area is 295 Å². The van der Waals surface area contributed by atoms with E-state index in [0.29, 0.717) is 61.9 Å². The first-order chi connectivity index (χ1) is 24.3. The molecule has 0 amide bonds. The number of hydrogen-bond acceptors (Lipinski definition) is 13. The van der Waals surface area contributed by atoms with E-state index in [1.54, 1.807) is 0 Å². The van der Waals surface area contributed by atoms with Gasteiger partial charge in [0.05, 0.1) is 6.54 Å². The molecule has 0 aliphatic heterocycles. The van der Waals surface area contributed by atoms with Crippen LogP contribution >= 0.6 is 0 Å². The number of anilines is 6. The summed E-state index contributed by atoms with van der Waals surface area (Å²) < 4.78 is 0. The number of unbranched alkanes of at least 4 members (excludes halogenated alkanes) is 1. The van der Waals surface area contributed by atoms with E-state index in [4.69, 9.17) is 21.4 Å². The first kappa shape index (κ1) is 37.4. The molecule has 0 aliphatic rings. The number of benzene rings is 2. The second kappa shape index (κ2) is 19.5. The summed E-state index contributed by atoms with van der Waals surface area (Å²) in [4.78, 5) is 36.4. The van der Waals surface area contributed by atoms with Crippen LogP contribution < -0.4 is 42.5 Å². The van der Waals surface area contributed by atoms with Gasteiger partial charge in [-0.2, -0.15) is 29.9 Å². The van der Waals surface area contributed by atoms with Gasteiger partial charge in [-0.15, -0.1) is 0 Å². The van der Waals surface area contributed by atoms with Crippen LogP contribution in [-0.4, -0.2) is 68.6 Å². The van der Waals surface area contributed by atoms with E-state index in [9.17, 15) is 0 Å². The fraction of sp³-hybridized carbons (Fsp3) is 0.457. The van der Waals surface area contributed by atoms with Crippen molar-refractivity contribution < 1.29 is 0 Å². The second-order valence-corrected chi connectivity index (χ2v) is 11.6. The molecule has 2 aromatic heterocycles. The van der Waals surface area contributed by atoms with Crippen LogP contribution in [0.3, 0.4) is 0 Å². The van der Waals surface area contributed by atoms with Gasteiger partial charge in [-0.05, 0) is 56.4 Å². The summed E-state index contributed by atoms with van der Waals surface area (Å²) in [7, 11) is 0. The minimum absolute atomic E-state index is 0.0701. The van der Waals surface area contributed by atoms with Crippen LogP contribution in [0.5, 0.6) is 0 Å². The number of guanidine groups is 1. The van der Waals surface area contributed by atoms with Gasteiger partial charge < -0.3 is 42.5 Å². The van der Waals surface area contributed by atoms with Crippen molar-refractivity contribution in [3.8, 4) is 0 Å². The zero-order chi connectivity index (χ0) is 35.7. The zero-order valence-electron chi connectivity index (χ0n) is 30.1. The molecule has 0 saturated heterocycles. The Hall–Kier alpha value is -5.47. The van der Waals surface area contributed by atoms with Gasteiger partial charge in [0.15, 0.2) is 5.96 Å². The van der Waals surface area contributed by atoms with Crippen molar-refractivity contribution in [2.75, 3.05) is 63.8 Å². The molecule has 8 N–H and O–H groups in total. The zero-order valence-corrected chi connectivity index (χ0v) is 30.1. The third kappa shape index (κ3) is 11.6. The Balaban J connectivity index is 1.40. The maximum atomic E-state index is 5.50. The highest BCUT2D eigenvalue weighted by Gasteiger charge is 2.13. The smallest absolute Gasteiger partial charge is 0.231 e. The number of aliphatic imine (C=N–C) groups is 1. The largest absolute Gasteiger partial charge is 0.370 e. The molecule has 2 heterocycles. The van der Waals surface area contributed by atoms with Crippen LogP contribution in [-0.2, 0) is 26.2 Å². The normalized spacial score (nSPS) is 10.7. The van der Waals surface area contributed by atoms with Crippen molar-refractivity contribution in [1.82, 2.24) is 29.9 Å². The number of nitrogens with zero attached hydrogens (tertiary/aromatic N) is 9. The molecule has 0 radical (unpaired) electrons. The Morgan fingerprint density at radius 2 is 1.02 bits per heavy atom. The van der Waals surface area contributed by atoms with Gasteiger partial charge in [-0.1, -0.05) is 61.9 Å². The molecular formula is C35H53N15. The Morgan fingerprint density at radius 1 is 0.580 bits per heavy atom. The molecule has 268 valence electrons. The van der Waals surface area contributed by atoms with Gasteiger partial charge in [-0.25, -0.2) is 4.99 Å². The summed E-state index contributed by atoms with van der Waals surface area (Å²) in [6.45, 7) is 16.6. The van der Waals surface area contributed by atoms with Gasteiger partial charge in [0.2, 0.25) is 35.7 Å². The fourth-order valence-electron chi connectivity index (χ4n) is 5.06. The number of aromatic nitrogens is 6. The summed E-state index contributed by atoms with van der Waals surface area (Å²) in [5.74, 6) is 3.49. The molecule has 0 bridgehead atoms. The Bertz CT molecular complexity index is 1630. The van der Waals surface area contributed by atoms with Gasteiger partial charge in [0.25, 0.3) is 0 Å². The molecule has 0 saturated carbocycles. The summed E-state index contributed by atoms with van der Waals surface area (Å²) in [6, 6.07) is 16.4. The molecule has 4 rings (SSSR count). The Kier molecular flexibility index (Phi) is 14.6. The minimum Gasteiger partial charge on any atom is -0.370 e. The lowest BCUT2D eigenvalue weighted by Gasteiger charge is -2.20. The number of nitrogens with one attached hydrogen (secondary N) is 4. The number of rotatable bonds is 21. The van der Waals surface area contributed by atoms with Gasteiger partial charge in [0, 0.05) is 52.4 Å². The van der Waals surface area contributed by atoms with E-state index in [2.05, 4.69) is 121 Å². The van der Waals surface area contributed by atoms with Crippen molar-refractivity contribution in [2.45, 2.75) is 73.6 Å². The maximum Gasteiger partial charge on any atom is 0.231 e. The van der Waals surface area contributed by atoms with Crippen molar-refractivity contribution in [2.24, 2.45) is 16.5 Å². The van der Waals surface area contributed by atoms with Crippen molar-refractivity contribution >= 4 is 41.6 Å². The lowest BCUT2D eigenvalue weighted by Crippen LogP contribution is -2.25. The summed E-state index contributed by atoms with van der Waals surface area (Å²) in [5.41, 5.74) is 15.3. The molecule has 4 aromatic rings. The van der Waals surface area contributed by atoms with Crippen LogP contribution in [0, 0.1) is 0 Å². The Morgan fingerprint density at radius 3 is 1.46 bits per heavy atom. The third-order valence-electron chi connectivity index (χ3n) is 7.96. The molecule has 15 nitrogen and oxygen atoms in total. The van der Waals surface area contributed by atoms with E-state index in [1.165, 1.54) is 0 Å². The van der Waals surface area contributed by atoms with E-state index in [1.807, 2.05) is 18.2 Å². The van der Waals surface area contributed by atoms with Gasteiger partial charge in [0.1, 0.15) is 0 Å². The van der Waals surface area contributed by atoms with E-state index >= 15 is 0 Å². The van der Waals surface area contributed by atoms with E-state index < -0.39 is 0 Å². The topological polar surface area (TPSA) is 196 Å². The maximum absolute atomic E-state index is 5.50. The lowest BCUT2D eigenvalue weighted by molar-refractivity contribution is 0.799.